The van der Waals surface area contributed by atoms with Gasteiger partial charge < -0.3 is 10.5 Å². The number of para-hydroxylation sites is 1. The Hall–Kier alpha value is -2.42. The van der Waals surface area contributed by atoms with Gasteiger partial charge in [0.25, 0.3) is 0 Å². The first kappa shape index (κ1) is 16.0. The molecule has 2 aromatic carbocycles. The summed E-state index contributed by atoms with van der Waals surface area (Å²) in [5, 5.41) is 0. The Balaban J connectivity index is 2.26. The van der Waals surface area contributed by atoms with E-state index in [9.17, 15) is 9.59 Å². The lowest BCUT2D eigenvalue weighted by Crippen LogP contribution is -2.15. The highest BCUT2D eigenvalue weighted by Crippen LogP contribution is 2.26. The highest BCUT2D eigenvalue weighted by atomic mass is 16.1. The van der Waals surface area contributed by atoms with Crippen molar-refractivity contribution in [3.8, 4) is 0 Å². The number of nitrogen functional groups attached to an aromatic ring is 1. The molecule has 2 N–H and O–H groups in total. The molecule has 0 saturated carbocycles. The van der Waals surface area contributed by atoms with Gasteiger partial charge in [-0.25, -0.2) is 0 Å². The lowest BCUT2D eigenvalue weighted by molar-refractivity contribution is -0.114. The summed E-state index contributed by atoms with van der Waals surface area (Å²) in [4.78, 5) is 23.5. The van der Waals surface area contributed by atoms with Gasteiger partial charge in [-0.2, -0.15) is 0 Å². The Labute approximate surface area is 131 Å². The molecule has 0 heterocycles. The average molecular weight is 295 g/mol. The van der Waals surface area contributed by atoms with Crippen LogP contribution in [0.5, 0.6) is 0 Å². The van der Waals surface area contributed by atoms with Crippen LogP contribution in [0.4, 0.5) is 5.69 Å². The number of carbonyl (C=O) groups is 2. The smallest absolute Gasteiger partial charge is 0.195 e. The molecule has 0 aliphatic rings. The minimum Gasteiger partial charge on any atom is -0.398 e. The van der Waals surface area contributed by atoms with Crippen molar-refractivity contribution in [2.75, 3.05) is 5.73 Å². The van der Waals surface area contributed by atoms with Crippen LogP contribution in [0.15, 0.2) is 48.5 Å². The van der Waals surface area contributed by atoms with Crippen molar-refractivity contribution in [1.82, 2.24) is 0 Å². The van der Waals surface area contributed by atoms with Crippen molar-refractivity contribution in [2.45, 2.75) is 26.7 Å². The van der Waals surface area contributed by atoms with E-state index in [4.69, 9.17) is 5.73 Å². The van der Waals surface area contributed by atoms with Crippen LogP contribution in [0.2, 0.25) is 0 Å². The Morgan fingerprint density at radius 1 is 1.09 bits per heavy atom. The molecule has 3 nitrogen and oxygen atoms in total. The highest BCUT2D eigenvalue weighted by molar-refractivity contribution is 6.12. The molecule has 2 aromatic rings. The summed E-state index contributed by atoms with van der Waals surface area (Å²) in [7, 11) is 0. The van der Waals surface area contributed by atoms with E-state index in [1.165, 1.54) is 0 Å². The maximum atomic E-state index is 12.5. The van der Waals surface area contributed by atoms with Gasteiger partial charge in [0.1, 0.15) is 6.29 Å². The molecule has 0 spiro atoms. The normalized spacial score (nSPS) is 11.2. The third-order valence-electron chi connectivity index (χ3n) is 3.83. The molecule has 0 atom stereocenters. The Bertz CT molecular complexity index is 675. The molecule has 22 heavy (non-hydrogen) atoms. The molecule has 0 unspecified atom stereocenters. The van der Waals surface area contributed by atoms with E-state index in [1.807, 2.05) is 44.2 Å². The summed E-state index contributed by atoms with van der Waals surface area (Å²) in [5.74, 6) is -0.0744. The largest absolute Gasteiger partial charge is 0.398 e. The van der Waals surface area contributed by atoms with Gasteiger partial charge in [0, 0.05) is 22.2 Å². The van der Waals surface area contributed by atoms with Gasteiger partial charge >= 0.3 is 0 Å². The second-order valence-electron chi connectivity index (χ2n) is 6.18. The maximum absolute atomic E-state index is 12.5. The van der Waals surface area contributed by atoms with Crippen LogP contribution in [-0.2, 0) is 11.2 Å². The molecule has 0 amide bonds. The topological polar surface area (TPSA) is 60.2 Å². The summed E-state index contributed by atoms with van der Waals surface area (Å²) in [6.45, 7) is 3.80. The van der Waals surface area contributed by atoms with Crippen molar-refractivity contribution in [1.29, 1.82) is 0 Å². The number of rotatable bonds is 6. The molecule has 0 fully saturated rings. The molecule has 0 radical (unpaired) electrons. The monoisotopic (exact) mass is 295 g/mol. The van der Waals surface area contributed by atoms with E-state index in [0.29, 0.717) is 29.7 Å². The standard InChI is InChI=1S/C19H21NO2/c1-19(2,13-21)12-11-14-9-6-10-16(17(14)20)18(22)15-7-4-3-5-8-15/h3-10,13H,11-12,20H2,1-2H3. The number of hydrogen-bond donors (Lipinski definition) is 1. The highest BCUT2D eigenvalue weighted by Gasteiger charge is 2.19. The number of aryl methyl sites for hydroxylation is 1. The number of aldehydes is 1. The zero-order chi connectivity index (χ0) is 16.2. The van der Waals surface area contributed by atoms with Gasteiger partial charge in [-0.15, -0.1) is 0 Å². The molecule has 0 saturated heterocycles. The molecule has 2 rings (SSSR count). The molecular formula is C19H21NO2. The summed E-state index contributed by atoms with van der Waals surface area (Å²) in [6, 6.07) is 14.6. The fraction of sp³-hybridized carbons (Fsp3) is 0.263. The van der Waals surface area contributed by atoms with Crippen LogP contribution < -0.4 is 5.73 Å². The van der Waals surface area contributed by atoms with E-state index in [0.717, 1.165) is 11.8 Å². The first-order valence-electron chi connectivity index (χ1n) is 7.38. The first-order chi connectivity index (χ1) is 10.4. The number of nitrogens with two attached hydrogens (primary N) is 1. The van der Waals surface area contributed by atoms with Crippen LogP contribution in [0.25, 0.3) is 0 Å². The predicted octanol–water partition coefficient (Wildman–Crippen LogP) is 3.66. The number of ketones is 1. The minimum absolute atomic E-state index is 0.0744. The lowest BCUT2D eigenvalue weighted by atomic mass is 9.87. The SMILES string of the molecule is CC(C)(C=O)CCc1cccc(C(=O)c2ccccc2)c1N. The number of carbonyl (C=O) groups excluding carboxylic acids is 2. The van der Waals surface area contributed by atoms with Gasteiger partial charge in [0.15, 0.2) is 5.78 Å². The number of anilines is 1. The van der Waals surface area contributed by atoms with Crippen LogP contribution >= 0.6 is 0 Å². The fourth-order valence-electron chi connectivity index (χ4n) is 2.29. The average Bonchev–Trinajstić information content (AvgIpc) is 2.54. The molecular weight excluding hydrogens is 274 g/mol. The predicted molar refractivity (Wildman–Crippen MR) is 88.9 cm³/mol. The van der Waals surface area contributed by atoms with Crippen molar-refractivity contribution in [3.63, 3.8) is 0 Å². The van der Waals surface area contributed by atoms with E-state index in [1.54, 1.807) is 18.2 Å². The number of hydrogen-bond acceptors (Lipinski definition) is 3. The fourth-order valence-corrected chi connectivity index (χ4v) is 2.29. The summed E-state index contributed by atoms with van der Waals surface area (Å²) >= 11 is 0. The lowest BCUT2D eigenvalue weighted by Gasteiger charge is -2.17. The zero-order valence-electron chi connectivity index (χ0n) is 13.0. The van der Waals surface area contributed by atoms with Gasteiger partial charge in [0.2, 0.25) is 0 Å². The van der Waals surface area contributed by atoms with E-state index in [-0.39, 0.29) is 11.2 Å². The molecule has 0 aliphatic heterocycles. The van der Waals surface area contributed by atoms with Crippen LogP contribution in [0, 0.1) is 5.41 Å². The van der Waals surface area contributed by atoms with Gasteiger partial charge in [-0.3, -0.25) is 4.79 Å². The van der Waals surface area contributed by atoms with E-state index < -0.39 is 0 Å². The minimum atomic E-state index is -0.383. The Morgan fingerprint density at radius 2 is 1.77 bits per heavy atom. The third-order valence-corrected chi connectivity index (χ3v) is 3.83. The molecule has 114 valence electrons. The maximum Gasteiger partial charge on any atom is 0.195 e. The second-order valence-corrected chi connectivity index (χ2v) is 6.18. The molecule has 0 aliphatic carbocycles. The quantitative estimate of drug-likeness (QED) is 0.502. The van der Waals surface area contributed by atoms with Crippen LogP contribution in [-0.4, -0.2) is 12.1 Å². The van der Waals surface area contributed by atoms with Crippen molar-refractivity contribution in [2.24, 2.45) is 5.41 Å². The Kier molecular flexibility index (Phi) is 4.76. The van der Waals surface area contributed by atoms with Crippen molar-refractivity contribution in [3.05, 3.63) is 65.2 Å². The van der Waals surface area contributed by atoms with Crippen molar-refractivity contribution < 1.29 is 9.59 Å². The number of benzene rings is 2. The summed E-state index contributed by atoms with van der Waals surface area (Å²) in [6.07, 6.45) is 2.33. The molecule has 0 aromatic heterocycles. The van der Waals surface area contributed by atoms with Gasteiger partial charge in [-0.1, -0.05) is 56.3 Å². The van der Waals surface area contributed by atoms with E-state index >= 15 is 0 Å². The summed E-state index contributed by atoms with van der Waals surface area (Å²) in [5.41, 5.74) is 8.37. The summed E-state index contributed by atoms with van der Waals surface area (Å²) < 4.78 is 0. The van der Waals surface area contributed by atoms with Gasteiger partial charge in [-0.05, 0) is 24.5 Å². The van der Waals surface area contributed by atoms with Crippen LogP contribution in [0.1, 0.15) is 41.8 Å². The Morgan fingerprint density at radius 3 is 2.41 bits per heavy atom. The van der Waals surface area contributed by atoms with Gasteiger partial charge in [0.05, 0.1) is 0 Å². The first-order valence-corrected chi connectivity index (χ1v) is 7.38. The van der Waals surface area contributed by atoms with E-state index in [2.05, 4.69) is 0 Å². The third kappa shape index (κ3) is 3.61. The second kappa shape index (κ2) is 6.56. The van der Waals surface area contributed by atoms with Crippen molar-refractivity contribution >= 4 is 17.8 Å². The molecule has 0 bridgehead atoms. The zero-order valence-corrected chi connectivity index (χ0v) is 13.0. The molecule has 3 heteroatoms. The van der Waals surface area contributed by atoms with Crippen LogP contribution in [0.3, 0.4) is 0 Å².